The average Bonchev–Trinajstić information content (AvgIpc) is 2.73. The Bertz CT molecular complexity index is 946. The number of rotatable bonds is 5. The maximum Gasteiger partial charge on any atom is 0.257 e. The second kappa shape index (κ2) is 9.43. The zero-order chi connectivity index (χ0) is 21.8. The number of hydrogen-bond acceptors (Lipinski definition) is 3. The lowest BCUT2D eigenvalue weighted by Gasteiger charge is -2.32. The molecule has 1 fully saturated rings. The first-order chi connectivity index (χ1) is 14.3. The number of halogens is 3. The Morgan fingerprint density at radius 2 is 1.87 bits per heavy atom. The molecule has 1 saturated heterocycles. The molecule has 3 rings (SSSR count). The Morgan fingerprint density at radius 1 is 1.17 bits per heavy atom. The molecule has 1 atom stereocenters. The highest BCUT2D eigenvalue weighted by atomic mass is 35.5. The molecule has 0 saturated carbocycles. The molecule has 2 amide bonds. The number of likely N-dealkylation sites (tertiary alicyclic amines) is 1. The number of nitrogens with zero attached hydrogens (tertiary/aromatic N) is 1. The number of hydrogen-bond donors (Lipinski definition) is 1. The molecular formula is C22H23ClF2N2O3. The van der Waals surface area contributed by atoms with Crippen molar-refractivity contribution in [1.29, 1.82) is 0 Å². The van der Waals surface area contributed by atoms with Crippen LogP contribution in [-0.4, -0.2) is 36.9 Å². The number of methoxy groups -OCH3 is 1. The van der Waals surface area contributed by atoms with Gasteiger partial charge in [-0.3, -0.25) is 9.59 Å². The van der Waals surface area contributed by atoms with Gasteiger partial charge in [0.05, 0.1) is 18.7 Å². The maximum absolute atomic E-state index is 13.9. The third-order valence-electron chi connectivity index (χ3n) is 5.33. The van der Waals surface area contributed by atoms with Crippen LogP contribution in [0.15, 0.2) is 36.4 Å². The van der Waals surface area contributed by atoms with Gasteiger partial charge in [0.15, 0.2) is 0 Å². The van der Waals surface area contributed by atoms with Crippen molar-refractivity contribution in [2.24, 2.45) is 5.92 Å². The van der Waals surface area contributed by atoms with Gasteiger partial charge in [-0.1, -0.05) is 17.7 Å². The van der Waals surface area contributed by atoms with E-state index in [1.807, 2.05) is 0 Å². The number of carbonyl (C=O) groups is 2. The largest absolute Gasteiger partial charge is 0.496 e. The summed E-state index contributed by atoms with van der Waals surface area (Å²) in [6.45, 7) is 2.47. The molecule has 2 aromatic carbocycles. The summed E-state index contributed by atoms with van der Waals surface area (Å²) in [7, 11) is 1.49. The zero-order valence-electron chi connectivity index (χ0n) is 16.8. The van der Waals surface area contributed by atoms with E-state index in [-0.39, 0.29) is 23.3 Å². The Kier molecular flexibility index (Phi) is 6.92. The Balaban J connectivity index is 1.59. The van der Waals surface area contributed by atoms with Gasteiger partial charge in [-0.15, -0.1) is 0 Å². The van der Waals surface area contributed by atoms with Crippen molar-refractivity contribution in [2.45, 2.75) is 25.8 Å². The van der Waals surface area contributed by atoms with E-state index in [0.717, 1.165) is 12.1 Å². The van der Waals surface area contributed by atoms with E-state index >= 15 is 0 Å². The molecule has 2 aromatic rings. The minimum atomic E-state index is -0.696. The van der Waals surface area contributed by atoms with Gasteiger partial charge in [0.25, 0.3) is 5.91 Å². The monoisotopic (exact) mass is 436 g/mol. The van der Waals surface area contributed by atoms with Crippen LogP contribution in [0.2, 0.25) is 5.02 Å². The van der Waals surface area contributed by atoms with Gasteiger partial charge in [-0.25, -0.2) is 8.78 Å². The van der Waals surface area contributed by atoms with Crippen molar-refractivity contribution in [2.75, 3.05) is 20.2 Å². The number of ether oxygens (including phenoxy) is 1. The van der Waals surface area contributed by atoms with E-state index in [2.05, 4.69) is 5.32 Å². The van der Waals surface area contributed by atoms with Crippen LogP contribution in [0.1, 0.15) is 41.7 Å². The van der Waals surface area contributed by atoms with E-state index < -0.39 is 17.7 Å². The molecule has 1 aliphatic heterocycles. The summed E-state index contributed by atoms with van der Waals surface area (Å²) in [6, 6.07) is 7.57. The molecule has 160 valence electrons. The number of amides is 2. The Labute approximate surface area is 179 Å². The highest BCUT2D eigenvalue weighted by Crippen LogP contribution is 2.27. The van der Waals surface area contributed by atoms with E-state index in [1.165, 1.54) is 13.2 Å². The number of piperidine rings is 1. The highest BCUT2D eigenvalue weighted by molar-refractivity contribution is 6.31. The minimum Gasteiger partial charge on any atom is -0.496 e. The van der Waals surface area contributed by atoms with Crippen LogP contribution in [0.4, 0.5) is 8.78 Å². The fourth-order valence-corrected chi connectivity index (χ4v) is 3.80. The molecule has 0 bridgehead atoms. The average molecular weight is 437 g/mol. The molecule has 8 heteroatoms. The van der Waals surface area contributed by atoms with Crippen molar-refractivity contribution in [1.82, 2.24) is 10.2 Å². The second-order valence-electron chi connectivity index (χ2n) is 7.31. The summed E-state index contributed by atoms with van der Waals surface area (Å²) >= 11 is 6.01. The van der Waals surface area contributed by atoms with Gasteiger partial charge in [-0.05, 0) is 44.0 Å². The molecule has 5 nitrogen and oxygen atoms in total. The smallest absolute Gasteiger partial charge is 0.257 e. The lowest BCUT2D eigenvalue weighted by Crippen LogP contribution is -2.43. The fourth-order valence-electron chi connectivity index (χ4n) is 3.62. The third-order valence-corrected chi connectivity index (χ3v) is 5.57. The van der Waals surface area contributed by atoms with E-state index in [1.54, 1.807) is 30.0 Å². The molecule has 1 N–H and O–H groups in total. The summed E-state index contributed by atoms with van der Waals surface area (Å²) in [4.78, 5) is 27.1. The van der Waals surface area contributed by atoms with Crippen molar-refractivity contribution >= 4 is 23.4 Å². The number of benzene rings is 2. The Morgan fingerprint density at radius 3 is 2.50 bits per heavy atom. The maximum atomic E-state index is 13.9. The van der Waals surface area contributed by atoms with E-state index in [4.69, 9.17) is 16.3 Å². The SMILES string of the molecule is COc1ccc(Cl)cc1C(=O)N1CCC(C(=O)NC(C)c2ccc(F)cc2F)CC1. The summed E-state index contributed by atoms with van der Waals surface area (Å²) in [5.41, 5.74) is 0.610. The van der Waals surface area contributed by atoms with Gasteiger partial charge < -0.3 is 15.0 Å². The van der Waals surface area contributed by atoms with Crippen LogP contribution < -0.4 is 10.1 Å². The van der Waals surface area contributed by atoms with Gasteiger partial charge in [0, 0.05) is 35.7 Å². The first-order valence-corrected chi connectivity index (χ1v) is 10.1. The summed E-state index contributed by atoms with van der Waals surface area (Å²) in [5, 5.41) is 3.23. The second-order valence-corrected chi connectivity index (χ2v) is 7.74. The molecule has 0 aliphatic carbocycles. The predicted octanol–water partition coefficient (Wildman–Crippen LogP) is 4.36. The van der Waals surface area contributed by atoms with Crippen LogP contribution in [0.25, 0.3) is 0 Å². The van der Waals surface area contributed by atoms with E-state index in [0.29, 0.717) is 42.3 Å². The molecule has 1 heterocycles. The molecule has 0 spiro atoms. The third kappa shape index (κ3) is 4.90. The van der Waals surface area contributed by atoms with E-state index in [9.17, 15) is 18.4 Å². The summed E-state index contributed by atoms with van der Waals surface area (Å²) in [5.74, 6) is -1.61. The standard InChI is InChI=1S/C22H23ClF2N2O3/c1-13(17-5-4-16(24)12-19(17)25)26-21(28)14-7-9-27(10-8-14)22(29)18-11-15(23)3-6-20(18)30-2/h3-6,11-14H,7-10H2,1-2H3,(H,26,28). The molecule has 1 aliphatic rings. The minimum absolute atomic E-state index is 0.199. The van der Waals surface area contributed by atoms with Crippen LogP contribution in [0.5, 0.6) is 5.75 Å². The topological polar surface area (TPSA) is 58.6 Å². The van der Waals surface area contributed by atoms with Crippen molar-refractivity contribution in [3.8, 4) is 5.75 Å². The number of carbonyl (C=O) groups excluding carboxylic acids is 2. The molecule has 0 aromatic heterocycles. The van der Waals surface area contributed by atoms with Gasteiger partial charge in [0.1, 0.15) is 17.4 Å². The predicted molar refractivity (Wildman–Crippen MR) is 110 cm³/mol. The highest BCUT2D eigenvalue weighted by Gasteiger charge is 2.30. The van der Waals surface area contributed by atoms with Crippen LogP contribution in [0.3, 0.4) is 0 Å². The van der Waals surface area contributed by atoms with Crippen molar-refractivity contribution in [3.63, 3.8) is 0 Å². The molecular weight excluding hydrogens is 414 g/mol. The Hall–Kier alpha value is -2.67. The van der Waals surface area contributed by atoms with Crippen LogP contribution in [0, 0.1) is 17.6 Å². The van der Waals surface area contributed by atoms with Gasteiger partial charge in [0.2, 0.25) is 5.91 Å². The normalized spacial score (nSPS) is 15.6. The lowest BCUT2D eigenvalue weighted by molar-refractivity contribution is -0.127. The molecule has 30 heavy (non-hydrogen) atoms. The quantitative estimate of drug-likeness (QED) is 0.757. The van der Waals surface area contributed by atoms with Crippen LogP contribution >= 0.6 is 11.6 Å². The first kappa shape index (κ1) is 22.0. The van der Waals surface area contributed by atoms with Crippen molar-refractivity contribution in [3.05, 3.63) is 64.2 Å². The lowest BCUT2D eigenvalue weighted by atomic mass is 9.94. The first-order valence-electron chi connectivity index (χ1n) is 9.68. The van der Waals surface area contributed by atoms with Gasteiger partial charge >= 0.3 is 0 Å². The molecule has 0 radical (unpaired) electrons. The zero-order valence-corrected chi connectivity index (χ0v) is 17.5. The fraction of sp³-hybridized carbons (Fsp3) is 0.364. The van der Waals surface area contributed by atoms with Gasteiger partial charge in [-0.2, -0.15) is 0 Å². The molecule has 1 unspecified atom stereocenters. The van der Waals surface area contributed by atoms with Crippen LogP contribution in [-0.2, 0) is 4.79 Å². The van der Waals surface area contributed by atoms with Crippen molar-refractivity contribution < 1.29 is 23.1 Å². The number of nitrogens with one attached hydrogen (secondary N) is 1. The summed E-state index contributed by atoms with van der Waals surface area (Å²) in [6.07, 6.45) is 0.970. The summed E-state index contributed by atoms with van der Waals surface area (Å²) < 4.78 is 32.3.